The number of methoxy groups -OCH3 is 2. The fourth-order valence-electron chi connectivity index (χ4n) is 1.87. The molecule has 6 heteroatoms. The fraction of sp³-hybridized carbons (Fsp3) is 0.235. The van der Waals surface area contributed by atoms with Gasteiger partial charge in [0.15, 0.2) is 0 Å². The lowest BCUT2D eigenvalue weighted by atomic mass is 10.2. The van der Waals surface area contributed by atoms with E-state index in [0.29, 0.717) is 22.8 Å². The summed E-state index contributed by atoms with van der Waals surface area (Å²) in [5, 5.41) is 0. The Kier molecular flexibility index (Phi) is 6.29. The molecule has 0 aromatic heterocycles. The highest BCUT2D eigenvalue weighted by molar-refractivity contribution is 9.10. The molecule has 0 spiro atoms. The van der Waals surface area contributed by atoms with Gasteiger partial charge >= 0.3 is 5.97 Å². The van der Waals surface area contributed by atoms with Crippen molar-refractivity contribution in [3.05, 3.63) is 52.5 Å². The minimum absolute atomic E-state index is 0.143. The fourth-order valence-corrected chi connectivity index (χ4v) is 2.13. The van der Waals surface area contributed by atoms with E-state index < -0.39 is 5.97 Å². The number of esters is 1. The molecule has 0 atom stereocenters. The number of carbonyl (C=O) groups excluding carboxylic acids is 1. The highest BCUT2D eigenvalue weighted by Gasteiger charge is 2.14. The van der Waals surface area contributed by atoms with Gasteiger partial charge < -0.3 is 18.9 Å². The molecule has 0 heterocycles. The zero-order valence-corrected chi connectivity index (χ0v) is 14.5. The Bertz CT molecular complexity index is 655. The second kappa shape index (κ2) is 8.43. The third-order valence-electron chi connectivity index (χ3n) is 3.03. The van der Waals surface area contributed by atoms with Gasteiger partial charge in [0, 0.05) is 10.5 Å². The molecule has 0 saturated carbocycles. The molecule has 0 N–H and O–H groups in total. The van der Waals surface area contributed by atoms with E-state index >= 15 is 0 Å². The van der Waals surface area contributed by atoms with Crippen molar-refractivity contribution in [1.82, 2.24) is 0 Å². The van der Waals surface area contributed by atoms with Crippen molar-refractivity contribution in [3.63, 3.8) is 0 Å². The third kappa shape index (κ3) is 4.89. The van der Waals surface area contributed by atoms with E-state index in [4.69, 9.17) is 18.9 Å². The van der Waals surface area contributed by atoms with Crippen molar-refractivity contribution < 1.29 is 23.7 Å². The molecule has 0 aliphatic heterocycles. The average molecular weight is 381 g/mol. The van der Waals surface area contributed by atoms with Gasteiger partial charge in [0.2, 0.25) is 0 Å². The van der Waals surface area contributed by atoms with Crippen LogP contribution >= 0.6 is 15.9 Å². The summed E-state index contributed by atoms with van der Waals surface area (Å²) in [6.45, 7) is 0.413. The number of hydrogen-bond acceptors (Lipinski definition) is 5. The molecule has 0 saturated heterocycles. The Balaban J connectivity index is 1.86. The maximum Gasteiger partial charge on any atom is 0.342 e. The molecule has 23 heavy (non-hydrogen) atoms. The summed E-state index contributed by atoms with van der Waals surface area (Å²) in [6.07, 6.45) is 0. The van der Waals surface area contributed by atoms with Crippen molar-refractivity contribution in [2.24, 2.45) is 0 Å². The van der Waals surface area contributed by atoms with Crippen LogP contribution in [-0.4, -0.2) is 33.4 Å². The number of ether oxygens (including phenoxy) is 4. The zero-order chi connectivity index (χ0) is 16.7. The van der Waals surface area contributed by atoms with Gasteiger partial charge in [-0.15, -0.1) is 0 Å². The Hall–Kier alpha value is -2.21. The summed E-state index contributed by atoms with van der Waals surface area (Å²) in [6, 6.07) is 12.3. The van der Waals surface area contributed by atoms with Crippen LogP contribution in [0.1, 0.15) is 10.4 Å². The second-order valence-corrected chi connectivity index (χ2v) is 5.42. The quantitative estimate of drug-likeness (QED) is 0.541. The lowest BCUT2D eigenvalue weighted by molar-refractivity contribution is 0.0447. The first-order chi connectivity index (χ1) is 11.1. The number of hydrogen-bond donors (Lipinski definition) is 0. The summed E-state index contributed by atoms with van der Waals surface area (Å²) in [5.41, 5.74) is 0.344. The van der Waals surface area contributed by atoms with Crippen molar-refractivity contribution in [2.45, 2.75) is 0 Å². The van der Waals surface area contributed by atoms with Crippen LogP contribution in [-0.2, 0) is 4.74 Å². The third-order valence-corrected chi connectivity index (χ3v) is 3.56. The molecule has 0 aliphatic rings. The summed E-state index contributed by atoms with van der Waals surface area (Å²) in [5.74, 6) is 1.26. The number of benzene rings is 2. The van der Waals surface area contributed by atoms with Gasteiger partial charge in [-0.05, 0) is 36.4 Å². The van der Waals surface area contributed by atoms with Crippen LogP contribution in [0.3, 0.4) is 0 Å². The first kappa shape index (κ1) is 17.1. The maximum absolute atomic E-state index is 12.1. The van der Waals surface area contributed by atoms with Crippen molar-refractivity contribution in [2.75, 3.05) is 27.4 Å². The Morgan fingerprint density at radius 3 is 2.30 bits per heavy atom. The minimum atomic E-state index is -0.469. The molecule has 0 unspecified atom stereocenters. The summed E-state index contributed by atoms with van der Waals surface area (Å²) >= 11 is 3.35. The van der Waals surface area contributed by atoms with Gasteiger partial charge in [-0.25, -0.2) is 4.79 Å². The Labute approximate surface area is 143 Å². The summed E-state index contributed by atoms with van der Waals surface area (Å²) in [7, 11) is 3.04. The van der Waals surface area contributed by atoms with Crippen LogP contribution in [0.2, 0.25) is 0 Å². The molecular formula is C17H17BrO5. The SMILES string of the molecule is COc1ccc(C(=O)OCCOc2ccc(Br)cc2)c(OC)c1. The smallest absolute Gasteiger partial charge is 0.342 e. The van der Waals surface area contributed by atoms with E-state index in [9.17, 15) is 4.79 Å². The topological polar surface area (TPSA) is 54.0 Å². The molecule has 0 amide bonds. The molecule has 0 radical (unpaired) electrons. The normalized spacial score (nSPS) is 10.0. The van der Waals surface area contributed by atoms with E-state index in [0.717, 1.165) is 4.47 Å². The molecule has 0 bridgehead atoms. The second-order valence-electron chi connectivity index (χ2n) is 4.50. The van der Waals surface area contributed by atoms with Gasteiger partial charge in [-0.1, -0.05) is 15.9 Å². The zero-order valence-electron chi connectivity index (χ0n) is 12.9. The highest BCUT2D eigenvalue weighted by atomic mass is 79.9. The van der Waals surface area contributed by atoms with Crippen LogP contribution in [0, 0.1) is 0 Å². The van der Waals surface area contributed by atoms with Crippen LogP contribution < -0.4 is 14.2 Å². The van der Waals surface area contributed by atoms with E-state index in [2.05, 4.69) is 15.9 Å². The van der Waals surface area contributed by atoms with Gasteiger partial charge in [-0.3, -0.25) is 0 Å². The Morgan fingerprint density at radius 2 is 1.65 bits per heavy atom. The molecule has 2 aromatic carbocycles. The summed E-state index contributed by atoms with van der Waals surface area (Å²) < 4.78 is 21.9. The maximum atomic E-state index is 12.1. The Morgan fingerprint density at radius 1 is 0.957 bits per heavy atom. The number of halogens is 1. The van der Waals surface area contributed by atoms with E-state index in [-0.39, 0.29) is 13.2 Å². The summed E-state index contributed by atoms with van der Waals surface area (Å²) in [4.78, 5) is 12.1. The molecule has 2 aromatic rings. The van der Waals surface area contributed by atoms with E-state index in [1.165, 1.54) is 7.11 Å². The van der Waals surface area contributed by atoms with Crippen LogP contribution in [0.25, 0.3) is 0 Å². The van der Waals surface area contributed by atoms with E-state index in [1.807, 2.05) is 24.3 Å². The van der Waals surface area contributed by atoms with Gasteiger partial charge in [-0.2, -0.15) is 0 Å². The number of carbonyl (C=O) groups is 1. The molecule has 5 nitrogen and oxygen atoms in total. The largest absolute Gasteiger partial charge is 0.497 e. The highest BCUT2D eigenvalue weighted by Crippen LogP contribution is 2.25. The first-order valence-electron chi connectivity index (χ1n) is 6.91. The lowest BCUT2D eigenvalue weighted by Crippen LogP contribution is -2.13. The van der Waals surface area contributed by atoms with E-state index in [1.54, 1.807) is 25.3 Å². The molecule has 2 rings (SSSR count). The first-order valence-corrected chi connectivity index (χ1v) is 7.71. The predicted octanol–water partition coefficient (Wildman–Crippen LogP) is 3.70. The van der Waals surface area contributed by atoms with Crippen molar-refractivity contribution >= 4 is 21.9 Å². The van der Waals surface area contributed by atoms with Crippen LogP contribution in [0.15, 0.2) is 46.9 Å². The predicted molar refractivity (Wildman–Crippen MR) is 89.5 cm³/mol. The standard InChI is InChI=1S/C17H17BrO5/c1-20-14-7-8-15(16(11-14)21-2)17(19)23-10-9-22-13-5-3-12(18)4-6-13/h3-8,11H,9-10H2,1-2H3. The molecular weight excluding hydrogens is 364 g/mol. The lowest BCUT2D eigenvalue weighted by Gasteiger charge is -2.11. The molecule has 0 fully saturated rings. The molecule has 122 valence electrons. The minimum Gasteiger partial charge on any atom is -0.497 e. The average Bonchev–Trinajstić information content (AvgIpc) is 2.59. The van der Waals surface area contributed by atoms with Crippen molar-refractivity contribution in [3.8, 4) is 17.2 Å². The monoisotopic (exact) mass is 380 g/mol. The molecule has 0 aliphatic carbocycles. The van der Waals surface area contributed by atoms with Gasteiger partial charge in [0.05, 0.1) is 14.2 Å². The van der Waals surface area contributed by atoms with Gasteiger partial charge in [0.1, 0.15) is 36.0 Å². The number of rotatable bonds is 7. The van der Waals surface area contributed by atoms with Crippen LogP contribution in [0.5, 0.6) is 17.2 Å². The van der Waals surface area contributed by atoms with Crippen LogP contribution in [0.4, 0.5) is 0 Å². The van der Waals surface area contributed by atoms with Crippen molar-refractivity contribution in [1.29, 1.82) is 0 Å². The van der Waals surface area contributed by atoms with Gasteiger partial charge in [0.25, 0.3) is 0 Å².